The zero-order valence-corrected chi connectivity index (χ0v) is 18.1. The van der Waals surface area contributed by atoms with E-state index >= 15 is 0 Å². The molecule has 3 N–H and O–H groups in total. The third kappa shape index (κ3) is 4.57. The number of sulfonamides is 1. The molecule has 30 heavy (non-hydrogen) atoms. The lowest BCUT2D eigenvalue weighted by atomic mass is 10.0. The molecule has 0 aromatic heterocycles. The van der Waals surface area contributed by atoms with Gasteiger partial charge in [-0.25, -0.2) is 23.6 Å². The molecule has 9 nitrogen and oxygen atoms in total. The lowest BCUT2D eigenvalue weighted by Gasteiger charge is -2.17. The van der Waals surface area contributed by atoms with Crippen LogP contribution in [0.5, 0.6) is 11.5 Å². The van der Waals surface area contributed by atoms with Crippen molar-refractivity contribution in [3.8, 4) is 11.5 Å². The Bertz CT molecular complexity index is 1030. The summed E-state index contributed by atoms with van der Waals surface area (Å²) in [6, 6.07) is 11.4. The monoisotopic (exact) mass is 434 g/mol. The number of hydrazine groups is 1. The summed E-state index contributed by atoms with van der Waals surface area (Å²) in [7, 11) is 2.25. The Hall–Kier alpha value is -2.66. The van der Waals surface area contributed by atoms with Gasteiger partial charge in [-0.1, -0.05) is 12.1 Å². The third-order valence-corrected chi connectivity index (χ3v) is 6.74. The molecule has 0 spiro atoms. The zero-order valence-electron chi connectivity index (χ0n) is 17.3. The Kier molecular flexibility index (Phi) is 6.61. The van der Waals surface area contributed by atoms with Crippen LogP contribution in [0.25, 0.3) is 0 Å². The molecular weight excluding hydrogens is 408 g/mol. The number of anilines is 1. The van der Waals surface area contributed by atoms with Gasteiger partial charge in [0.25, 0.3) is 0 Å². The van der Waals surface area contributed by atoms with Crippen LogP contribution in [0.15, 0.2) is 47.4 Å². The average Bonchev–Trinajstić information content (AvgIpc) is 3.23. The number of amides is 1. The van der Waals surface area contributed by atoms with Crippen molar-refractivity contribution < 1.29 is 22.7 Å². The largest absolute Gasteiger partial charge is 0.497 e. The SMILES string of the molecule is COc1cccc(NC(=O)C2CC(c3ccc(OC)c(S(=O)(=O)N(C)C)c3)NN2)c1. The van der Waals surface area contributed by atoms with E-state index in [-0.39, 0.29) is 22.6 Å². The molecule has 1 saturated heterocycles. The maximum atomic E-state index is 12.6. The van der Waals surface area contributed by atoms with Crippen LogP contribution < -0.4 is 25.6 Å². The van der Waals surface area contributed by atoms with Gasteiger partial charge in [-0.2, -0.15) is 0 Å². The highest BCUT2D eigenvalue weighted by molar-refractivity contribution is 7.89. The quantitative estimate of drug-likeness (QED) is 0.606. The van der Waals surface area contributed by atoms with Gasteiger partial charge in [0.1, 0.15) is 22.4 Å². The fraction of sp³-hybridized carbons (Fsp3) is 0.350. The molecule has 1 fully saturated rings. The summed E-state index contributed by atoms with van der Waals surface area (Å²) in [5.74, 6) is 0.717. The Balaban J connectivity index is 1.75. The van der Waals surface area contributed by atoms with Gasteiger partial charge in [0.2, 0.25) is 15.9 Å². The van der Waals surface area contributed by atoms with Crippen molar-refractivity contribution in [1.82, 2.24) is 15.2 Å². The number of hydrogen-bond donors (Lipinski definition) is 3. The molecule has 10 heteroatoms. The van der Waals surface area contributed by atoms with Gasteiger partial charge >= 0.3 is 0 Å². The number of benzene rings is 2. The maximum absolute atomic E-state index is 12.6. The number of methoxy groups -OCH3 is 2. The van der Waals surface area contributed by atoms with E-state index < -0.39 is 16.1 Å². The highest BCUT2D eigenvalue weighted by Crippen LogP contribution is 2.31. The second-order valence-corrected chi connectivity index (χ2v) is 9.17. The van der Waals surface area contributed by atoms with Crippen LogP contribution >= 0.6 is 0 Å². The summed E-state index contributed by atoms with van der Waals surface area (Å²) in [4.78, 5) is 12.7. The number of carbonyl (C=O) groups is 1. The van der Waals surface area contributed by atoms with Crippen LogP contribution in [-0.2, 0) is 14.8 Å². The second kappa shape index (κ2) is 9.00. The summed E-state index contributed by atoms with van der Waals surface area (Å²) in [6.07, 6.45) is 0.448. The predicted molar refractivity (Wildman–Crippen MR) is 113 cm³/mol. The fourth-order valence-electron chi connectivity index (χ4n) is 3.19. The number of hydrogen-bond acceptors (Lipinski definition) is 7. The second-order valence-electron chi connectivity index (χ2n) is 7.05. The molecule has 3 rings (SSSR count). The standard InChI is InChI=1S/C20H26N4O5S/c1-24(2)30(26,27)19-10-13(8-9-18(19)29-4)16-12-17(23-22-16)20(25)21-14-6-5-7-15(11-14)28-3/h5-11,16-17,22-23H,12H2,1-4H3,(H,21,25). The van der Waals surface area contributed by atoms with Crippen molar-refractivity contribution in [3.63, 3.8) is 0 Å². The average molecular weight is 435 g/mol. The van der Waals surface area contributed by atoms with Gasteiger partial charge in [0, 0.05) is 31.9 Å². The van der Waals surface area contributed by atoms with Gasteiger partial charge in [-0.15, -0.1) is 0 Å². The number of ether oxygens (including phenoxy) is 2. The zero-order chi connectivity index (χ0) is 21.9. The van der Waals surface area contributed by atoms with Crippen LogP contribution in [0, 0.1) is 0 Å². The molecule has 162 valence electrons. The van der Waals surface area contributed by atoms with Crippen LogP contribution in [0.1, 0.15) is 18.0 Å². The van der Waals surface area contributed by atoms with E-state index in [1.165, 1.54) is 21.2 Å². The van der Waals surface area contributed by atoms with Crippen molar-refractivity contribution in [2.24, 2.45) is 0 Å². The summed E-state index contributed by atoms with van der Waals surface area (Å²) in [5.41, 5.74) is 7.42. The fourth-order valence-corrected chi connectivity index (χ4v) is 4.27. The maximum Gasteiger partial charge on any atom is 0.246 e. The molecular formula is C20H26N4O5S. The van der Waals surface area contributed by atoms with Crippen LogP contribution in [-0.4, -0.2) is 53.0 Å². The summed E-state index contributed by atoms with van der Waals surface area (Å²) in [5, 5.41) is 2.86. The normalized spacial score (nSPS) is 19.0. The first-order chi connectivity index (χ1) is 14.3. The third-order valence-electron chi connectivity index (χ3n) is 4.91. The van der Waals surface area contributed by atoms with E-state index in [0.29, 0.717) is 17.9 Å². The molecule has 2 aromatic rings. The lowest BCUT2D eigenvalue weighted by Crippen LogP contribution is -2.39. The van der Waals surface area contributed by atoms with Crippen molar-refractivity contribution in [2.75, 3.05) is 33.6 Å². The number of nitrogens with zero attached hydrogens (tertiary/aromatic N) is 1. The molecule has 0 saturated carbocycles. The van der Waals surface area contributed by atoms with Crippen molar-refractivity contribution in [2.45, 2.75) is 23.4 Å². The Labute approximate surface area is 176 Å². The van der Waals surface area contributed by atoms with Gasteiger partial charge < -0.3 is 14.8 Å². The highest BCUT2D eigenvalue weighted by atomic mass is 32.2. The molecule has 2 aromatic carbocycles. The number of carbonyl (C=O) groups excluding carboxylic acids is 1. The molecule has 0 bridgehead atoms. The molecule has 2 unspecified atom stereocenters. The van der Waals surface area contributed by atoms with Crippen molar-refractivity contribution in [3.05, 3.63) is 48.0 Å². The predicted octanol–water partition coefficient (Wildman–Crippen LogP) is 1.50. The van der Waals surface area contributed by atoms with Gasteiger partial charge in [-0.3, -0.25) is 4.79 Å². The Morgan fingerprint density at radius 2 is 1.87 bits per heavy atom. The molecule has 1 heterocycles. The molecule has 0 radical (unpaired) electrons. The van der Waals surface area contributed by atoms with Crippen molar-refractivity contribution in [1.29, 1.82) is 0 Å². The Morgan fingerprint density at radius 1 is 1.10 bits per heavy atom. The van der Waals surface area contributed by atoms with Crippen LogP contribution in [0.4, 0.5) is 5.69 Å². The van der Waals surface area contributed by atoms with E-state index in [9.17, 15) is 13.2 Å². The van der Waals surface area contributed by atoms with Gasteiger partial charge in [0.15, 0.2) is 0 Å². The van der Waals surface area contributed by atoms with E-state index in [2.05, 4.69) is 16.2 Å². The Morgan fingerprint density at radius 3 is 2.53 bits per heavy atom. The summed E-state index contributed by atoms with van der Waals surface area (Å²) >= 11 is 0. The topological polar surface area (TPSA) is 109 Å². The smallest absolute Gasteiger partial charge is 0.246 e. The first-order valence-corrected chi connectivity index (χ1v) is 10.8. The highest BCUT2D eigenvalue weighted by Gasteiger charge is 2.32. The first-order valence-electron chi connectivity index (χ1n) is 9.32. The van der Waals surface area contributed by atoms with Crippen molar-refractivity contribution >= 4 is 21.6 Å². The van der Waals surface area contributed by atoms with Gasteiger partial charge in [0.05, 0.1) is 14.2 Å². The van der Waals surface area contributed by atoms with E-state index in [1.807, 2.05) is 0 Å². The van der Waals surface area contributed by atoms with Gasteiger partial charge in [-0.05, 0) is 36.2 Å². The summed E-state index contributed by atoms with van der Waals surface area (Å²) < 4.78 is 36.8. The van der Waals surface area contributed by atoms with E-state index in [4.69, 9.17) is 9.47 Å². The minimum Gasteiger partial charge on any atom is -0.497 e. The van der Waals surface area contributed by atoms with Crippen LogP contribution in [0.3, 0.4) is 0 Å². The number of rotatable bonds is 7. The molecule has 1 aliphatic heterocycles. The first kappa shape index (κ1) is 22.0. The number of nitrogens with one attached hydrogen (secondary N) is 3. The van der Waals surface area contributed by atoms with Crippen LogP contribution in [0.2, 0.25) is 0 Å². The van der Waals surface area contributed by atoms with E-state index in [0.717, 1.165) is 9.87 Å². The molecule has 2 atom stereocenters. The summed E-state index contributed by atoms with van der Waals surface area (Å²) in [6.45, 7) is 0. The minimum atomic E-state index is -3.68. The molecule has 1 amide bonds. The van der Waals surface area contributed by atoms with E-state index in [1.54, 1.807) is 49.6 Å². The minimum absolute atomic E-state index is 0.0820. The molecule has 0 aliphatic carbocycles. The lowest BCUT2D eigenvalue weighted by molar-refractivity contribution is -0.117. The molecule has 1 aliphatic rings.